The van der Waals surface area contributed by atoms with Crippen LogP contribution in [-0.2, 0) is 0 Å². The summed E-state index contributed by atoms with van der Waals surface area (Å²) in [5.74, 6) is 1.53. The van der Waals surface area contributed by atoms with E-state index in [1.165, 1.54) is 0 Å². The highest BCUT2D eigenvalue weighted by atomic mass is 15.4. The Morgan fingerprint density at radius 3 is 1.62 bits per heavy atom. The third-order valence-corrected chi connectivity index (χ3v) is 5.14. The molecule has 2 aliphatic heterocycles. The molecule has 4 heterocycles. The van der Waals surface area contributed by atoms with Crippen LogP contribution in [0.1, 0.15) is 12.8 Å². The number of piperidine rings is 2. The molecule has 11 heteroatoms. The van der Waals surface area contributed by atoms with Crippen molar-refractivity contribution in [3.63, 3.8) is 0 Å². The van der Waals surface area contributed by atoms with E-state index in [2.05, 4.69) is 20.3 Å². The van der Waals surface area contributed by atoms with E-state index in [4.69, 9.17) is 27.9 Å². The Bertz CT molecular complexity index is 752. The van der Waals surface area contributed by atoms with Crippen molar-refractivity contribution in [1.82, 2.24) is 19.9 Å². The van der Waals surface area contributed by atoms with Crippen LogP contribution in [0.15, 0.2) is 24.5 Å². The minimum atomic E-state index is -0.0209. The van der Waals surface area contributed by atoms with Crippen LogP contribution in [-0.4, -0.2) is 70.3 Å². The predicted octanol–water partition coefficient (Wildman–Crippen LogP) is -1.26. The fourth-order valence-electron chi connectivity index (χ4n) is 3.94. The molecule has 11 nitrogen and oxygen atoms in total. The van der Waals surface area contributed by atoms with Gasteiger partial charge in [-0.2, -0.15) is 15.0 Å². The Balaban J connectivity index is 1.67. The Kier molecular flexibility index (Phi) is 5.72. The number of rotatable bonds is 4. The molecule has 0 amide bonds. The standard InChI is InChI=1S/C18H29N11/c19-11-5-12(20)8-28(7-11)17-25-16(24-15-1-3-23-4-2-15)26-18(27-17)29-9-13(21)6-14(22)10-29/h1-4,11-14H,5-10,19-22H2,(H,23,24,25,26,27)/t11-,12+,13-,14+. The van der Waals surface area contributed by atoms with Crippen molar-refractivity contribution in [2.75, 3.05) is 41.3 Å². The molecular weight excluding hydrogens is 370 g/mol. The van der Waals surface area contributed by atoms with Crippen molar-refractivity contribution in [3.05, 3.63) is 24.5 Å². The molecule has 0 aromatic carbocycles. The fraction of sp³-hybridized carbons (Fsp3) is 0.556. The van der Waals surface area contributed by atoms with Crippen LogP contribution in [0.3, 0.4) is 0 Å². The SMILES string of the molecule is N[C@@H]1C[C@H](N)CN(c2nc(Nc3ccncc3)nc(N3C[C@H](N)C[C@H](N)C3)n2)C1. The molecule has 4 rings (SSSR count). The van der Waals surface area contributed by atoms with Gasteiger partial charge in [-0.05, 0) is 25.0 Å². The third-order valence-electron chi connectivity index (χ3n) is 5.14. The van der Waals surface area contributed by atoms with E-state index >= 15 is 0 Å². The molecule has 0 spiro atoms. The summed E-state index contributed by atoms with van der Waals surface area (Å²) < 4.78 is 0. The first kappa shape index (κ1) is 19.7. The lowest BCUT2D eigenvalue weighted by molar-refractivity contribution is 0.441. The largest absolute Gasteiger partial charge is 0.338 e. The van der Waals surface area contributed by atoms with E-state index in [0.29, 0.717) is 44.0 Å². The second kappa shape index (κ2) is 8.41. The van der Waals surface area contributed by atoms with Crippen molar-refractivity contribution in [3.8, 4) is 0 Å². The van der Waals surface area contributed by atoms with Gasteiger partial charge < -0.3 is 38.1 Å². The molecule has 156 valence electrons. The molecule has 29 heavy (non-hydrogen) atoms. The summed E-state index contributed by atoms with van der Waals surface area (Å²) in [5.41, 5.74) is 25.5. The fourth-order valence-corrected chi connectivity index (χ4v) is 3.94. The van der Waals surface area contributed by atoms with Gasteiger partial charge in [0.2, 0.25) is 17.8 Å². The van der Waals surface area contributed by atoms with Crippen molar-refractivity contribution in [2.45, 2.75) is 37.0 Å². The molecule has 4 atom stereocenters. The summed E-state index contributed by atoms with van der Waals surface area (Å²) in [6, 6.07) is 3.62. The van der Waals surface area contributed by atoms with Gasteiger partial charge in [-0.1, -0.05) is 0 Å². The third kappa shape index (κ3) is 4.88. The van der Waals surface area contributed by atoms with Gasteiger partial charge in [-0.15, -0.1) is 0 Å². The lowest BCUT2D eigenvalue weighted by Gasteiger charge is -2.37. The molecule has 2 aliphatic rings. The zero-order valence-corrected chi connectivity index (χ0v) is 16.4. The van der Waals surface area contributed by atoms with Crippen LogP contribution in [0.25, 0.3) is 0 Å². The number of pyridine rings is 1. The number of nitrogens with zero attached hydrogens (tertiary/aromatic N) is 6. The highest BCUT2D eigenvalue weighted by Gasteiger charge is 2.28. The molecule has 0 aliphatic carbocycles. The van der Waals surface area contributed by atoms with Crippen molar-refractivity contribution in [1.29, 1.82) is 0 Å². The van der Waals surface area contributed by atoms with E-state index in [9.17, 15) is 0 Å². The molecule has 0 unspecified atom stereocenters. The number of hydrogen-bond donors (Lipinski definition) is 5. The molecule has 2 aromatic heterocycles. The van der Waals surface area contributed by atoms with E-state index in [-0.39, 0.29) is 24.2 Å². The van der Waals surface area contributed by atoms with Crippen LogP contribution < -0.4 is 38.1 Å². The average Bonchev–Trinajstić information content (AvgIpc) is 2.67. The van der Waals surface area contributed by atoms with Gasteiger partial charge in [-0.3, -0.25) is 4.98 Å². The smallest absolute Gasteiger partial charge is 0.233 e. The Labute approximate surface area is 169 Å². The van der Waals surface area contributed by atoms with Crippen LogP contribution >= 0.6 is 0 Å². The first-order chi connectivity index (χ1) is 14.0. The van der Waals surface area contributed by atoms with Crippen LogP contribution in [0.4, 0.5) is 23.5 Å². The first-order valence-electron chi connectivity index (χ1n) is 9.91. The summed E-state index contributed by atoms with van der Waals surface area (Å²) in [6.07, 6.45) is 4.98. The maximum atomic E-state index is 6.17. The van der Waals surface area contributed by atoms with E-state index < -0.39 is 0 Å². The summed E-state index contributed by atoms with van der Waals surface area (Å²) >= 11 is 0. The number of nitrogens with one attached hydrogen (secondary N) is 1. The molecule has 0 radical (unpaired) electrons. The zero-order valence-electron chi connectivity index (χ0n) is 16.4. The zero-order chi connectivity index (χ0) is 20.4. The molecule has 2 aromatic rings. The second-order valence-corrected chi connectivity index (χ2v) is 7.94. The van der Waals surface area contributed by atoms with E-state index in [1.807, 2.05) is 21.9 Å². The summed E-state index contributed by atoms with van der Waals surface area (Å²) in [5, 5.41) is 3.23. The molecule has 9 N–H and O–H groups in total. The normalized spacial score (nSPS) is 27.7. The maximum Gasteiger partial charge on any atom is 0.233 e. The highest BCUT2D eigenvalue weighted by molar-refractivity contribution is 5.55. The molecule has 0 saturated carbocycles. The monoisotopic (exact) mass is 399 g/mol. The maximum absolute atomic E-state index is 6.17. The van der Waals surface area contributed by atoms with Crippen LogP contribution in [0, 0.1) is 0 Å². The van der Waals surface area contributed by atoms with Gasteiger partial charge in [0.15, 0.2) is 0 Å². The summed E-state index contributed by atoms with van der Waals surface area (Å²) in [4.78, 5) is 22.0. The minimum Gasteiger partial charge on any atom is -0.338 e. The van der Waals surface area contributed by atoms with E-state index in [1.54, 1.807) is 12.4 Å². The van der Waals surface area contributed by atoms with Crippen molar-refractivity contribution < 1.29 is 0 Å². The van der Waals surface area contributed by atoms with Gasteiger partial charge in [0.05, 0.1) is 0 Å². The molecule has 0 bridgehead atoms. The predicted molar refractivity (Wildman–Crippen MR) is 113 cm³/mol. The molecule has 2 fully saturated rings. The summed E-state index contributed by atoms with van der Waals surface area (Å²) in [6.45, 7) is 2.57. The first-order valence-corrected chi connectivity index (χ1v) is 9.91. The molecular formula is C18H29N11. The van der Waals surface area contributed by atoms with Gasteiger partial charge in [-0.25, -0.2) is 0 Å². The molecule has 2 saturated heterocycles. The average molecular weight is 400 g/mol. The summed E-state index contributed by atoms with van der Waals surface area (Å²) in [7, 11) is 0. The topological polar surface area (TPSA) is 174 Å². The quantitative estimate of drug-likeness (QED) is 0.415. The number of anilines is 4. The second-order valence-electron chi connectivity index (χ2n) is 7.94. The number of hydrogen-bond acceptors (Lipinski definition) is 11. The van der Waals surface area contributed by atoms with E-state index in [0.717, 1.165) is 18.5 Å². The minimum absolute atomic E-state index is 0.0209. The van der Waals surface area contributed by atoms with Crippen molar-refractivity contribution in [2.24, 2.45) is 22.9 Å². The van der Waals surface area contributed by atoms with Crippen molar-refractivity contribution >= 4 is 23.5 Å². The van der Waals surface area contributed by atoms with Gasteiger partial charge >= 0.3 is 0 Å². The van der Waals surface area contributed by atoms with Gasteiger partial charge in [0, 0.05) is 68.4 Å². The Morgan fingerprint density at radius 1 is 0.724 bits per heavy atom. The Hall–Kier alpha value is -2.60. The number of aromatic nitrogens is 4. The van der Waals surface area contributed by atoms with Gasteiger partial charge in [0.1, 0.15) is 0 Å². The lowest BCUT2D eigenvalue weighted by Crippen LogP contribution is -2.54. The van der Waals surface area contributed by atoms with Crippen LogP contribution in [0.5, 0.6) is 0 Å². The Morgan fingerprint density at radius 2 is 1.17 bits per heavy atom. The lowest BCUT2D eigenvalue weighted by atomic mass is 10.0. The highest BCUT2D eigenvalue weighted by Crippen LogP contribution is 2.23. The van der Waals surface area contributed by atoms with Gasteiger partial charge in [0.25, 0.3) is 0 Å². The number of nitrogens with two attached hydrogens (primary N) is 4. The van der Waals surface area contributed by atoms with Crippen LogP contribution in [0.2, 0.25) is 0 Å².